The van der Waals surface area contributed by atoms with Gasteiger partial charge in [0.05, 0.1) is 24.1 Å². The van der Waals surface area contributed by atoms with Crippen molar-refractivity contribution in [3.05, 3.63) is 44.3 Å². The molecule has 2 aromatic heterocycles. The molecule has 0 aliphatic carbocycles. The van der Waals surface area contributed by atoms with Crippen LogP contribution in [0.25, 0.3) is 0 Å². The van der Waals surface area contributed by atoms with Crippen LogP contribution < -0.4 is 5.32 Å². The van der Waals surface area contributed by atoms with Gasteiger partial charge in [-0.15, -0.1) is 22.7 Å². The van der Waals surface area contributed by atoms with Gasteiger partial charge in [-0.05, 0) is 41.3 Å². The Labute approximate surface area is 155 Å². The topological polar surface area (TPSA) is 66.5 Å². The molecule has 0 unspecified atom stereocenters. The molecule has 0 aromatic carbocycles. The number of fused-ring (bicyclic) bond motifs is 1. The largest absolute Gasteiger partial charge is 0.351 e. The molecule has 1 amide bonds. The summed E-state index contributed by atoms with van der Waals surface area (Å²) in [6.45, 7) is 1.14. The van der Waals surface area contributed by atoms with E-state index in [0.717, 1.165) is 13.0 Å². The summed E-state index contributed by atoms with van der Waals surface area (Å²) in [5, 5.41) is 7.10. The Bertz CT molecular complexity index is 858. The Balaban J connectivity index is 1.48. The van der Waals surface area contributed by atoms with Crippen LogP contribution in [-0.2, 0) is 21.1 Å². The van der Waals surface area contributed by atoms with E-state index in [-0.39, 0.29) is 29.5 Å². The van der Waals surface area contributed by atoms with E-state index in [1.165, 1.54) is 15.3 Å². The Morgan fingerprint density at radius 1 is 1.28 bits per heavy atom. The van der Waals surface area contributed by atoms with Crippen molar-refractivity contribution in [1.29, 1.82) is 0 Å². The van der Waals surface area contributed by atoms with E-state index in [1.807, 2.05) is 6.07 Å². The molecule has 8 heteroatoms. The van der Waals surface area contributed by atoms with Gasteiger partial charge in [0.25, 0.3) is 0 Å². The first-order chi connectivity index (χ1) is 12.0. The molecular weight excluding hydrogens is 376 g/mol. The van der Waals surface area contributed by atoms with Gasteiger partial charge >= 0.3 is 0 Å². The fraction of sp³-hybridized carbons (Fsp3) is 0.471. The van der Waals surface area contributed by atoms with Crippen LogP contribution in [0.3, 0.4) is 0 Å². The fourth-order valence-electron chi connectivity index (χ4n) is 3.69. The van der Waals surface area contributed by atoms with Crippen molar-refractivity contribution in [1.82, 2.24) is 10.2 Å². The van der Waals surface area contributed by atoms with Gasteiger partial charge in [-0.25, -0.2) is 8.42 Å². The highest BCUT2D eigenvalue weighted by Crippen LogP contribution is 2.39. The molecule has 2 aliphatic rings. The van der Waals surface area contributed by atoms with Crippen LogP contribution in [-0.4, -0.2) is 49.9 Å². The van der Waals surface area contributed by atoms with E-state index in [4.69, 9.17) is 0 Å². The van der Waals surface area contributed by atoms with Crippen LogP contribution in [0.15, 0.2) is 29.0 Å². The highest BCUT2D eigenvalue weighted by molar-refractivity contribution is 7.91. The molecule has 4 rings (SSSR count). The molecule has 1 N–H and O–H groups in total. The number of thiophene rings is 2. The minimum Gasteiger partial charge on any atom is -0.351 e. The second-order valence-electron chi connectivity index (χ2n) is 6.61. The van der Waals surface area contributed by atoms with Gasteiger partial charge in [-0.1, -0.05) is 6.07 Å². The fourth-order valence-corrected chi connectivity index (χ4v) is 7.14. The summed E-state index contributed by atoms with van der Waals surface area (Å²) in [5.74, 6) is 0.168. The van der Waals surface area contributed by atoms with Crippen molar-refractivity contribution in [3.8, 4) is 0 Å². The molecule has 25 heavy (non-hydrogen) atoms. The zero-order valence-corrected chi connectivity index (χ0v) is 16.1. The molecule has 1 saturated heterocycles. The second-order valence-corrected chi connectivity index (χ2v) is 10.8. The third-order valence-electron chi connectivity index (χ3n) is 4.82. The summed E-state index contributed by atoms with van der Waals surface area (Å²) in [5.41, 5.74) is 1.30. The summed E-state index contributed by atoms with van der Waals surface area (Å²) < 4.78 is 23.1. The van der Waals surface area contributed by atoms with Gasteiger partial charge in [0.15, 0.2) is 9.84 Å². The predicted molar refractivity (Wildman–Crippen MR) is 101 cm³/mol. The monoisotopic (exact) mass is 396 g/mol. The Kier molecular flexibility index (Phi) is 4.70. The van der Waals surface area contributed by atoms with Gasteiger partial charge in [0.2, 0.25) is 5.91 Å². The van der Waals surface area contributed by atoms with E-state index < -0.39 is 9.84 Å². The quantitative estimate of drug-likeness (QED) is 0.859. The van der Waals surface area contributed by atoms with Crippen LogP contribution in [0.4, 0.5) is 0 Å². The lowest BCUT2D eigenvalue weighted by Gasteiger charge is -2.35. The number of amides is 1. The summed E-state index contributed by atoms with van der Waals surface area (Å²) >= 11 is 3.50. The lowest BCUT2D eigenvalue weighted by atomic mass is 9.98. The highest BCUT2D eigenvalue weighted by Gasteiger charge is 2.33. The highest BCUT2D eigenvalue weighted by atomic mass is 32.2. The first-order valence-electron chi connectivity index (χ1n) is 8.35. The maximum Gasteiger partial charge on any atom is 0.234 e. The first-order valence-corrected chi connectivity index (χ1v) is 11.9. The van der Waals surface area contributed by atoms with Crippen LogP contribution in [0.2, 0.25) is 0 Å². The van der Waals surface area contributed by atoms with Crippen molar-refractivity contribution < 1.29 is 13.2 Å². The van der Waals surface area contributed by atoms with Crippen molar-refractivity contribution in [2.24, 2.45) is 0 Å². The average molecular weight is 397 g/mol. The molecule has 4 heterocycles. The molecule has 2 atom stereocenters. The molecule has 0 bridgehead atoms. The number of sulfone groups is 1. The van der Waals surface area contributed by atoms with Gasteiger partial charge in [0.1, 0.15) is 0 Å². The van der Waals surface area contributed by atoms with Crippen LogP contribution in [0.1, 0.15) is 27.8 Å². The minimum absolute atomic E-state index is 0.0712. The number of carbonyl (C=O) groups excluding carboxylic acids is 1. The van der Waals surface area contributed by atoms with Crippen molar-refractivity contribution in [3.63, 3.8) is 0 Å². The third-order valence-corrected chi connectivity index (χ3v) is 8.51. The van der Waals surface area contributed by atoms with E-state index in [0.29, 0.717) is 13.0 Å². The number of hydrogen-bond acceptors (Lipinski definition) is 6. The second kappa shape index (κ2) is 6.83. The van der Waals surface area contributed by atoms with Crippen molar-refractivity contribution in [2.45, 2.75) is 24.9 Å². The number of hydrogen-bond donors (Lipinski definition) is 1. The van der Waals surface area contributed by atoms with Crippen LogP contribution in [0, 0.1) is 0 Å². The number of nitrogens with one attached hydrogen (secondary N) is 1. The maximum absolute atomic E-state index is 12.5. The number of rotatable bonds is 4. The zero-order valence-electron chi connectivity index (χ0n) is 13.7. The summed E-state index contributed by atoms with van der Waals surface area (Å²) in [6, 6.07) is 6.21. The molecule has 2 aliphatic heterocycles. The normalized spacial score (nSPS) is 25.6. The van der Waals surface area contributed by atoms with Crippen LogP contribution >= 0.6 is 22.7 Å². The summed E-state index contributed by atoms with van der Waals surface area (Å²) in [7, 11) is -2.98. The molecule has 5 nitrogen and oxygen atoms in total. The smallest absolute Gasteiger partial charge is 0.234 e. The molecule has 1 fully saturated rings. The predicted octanol–water partition coefficient (Wildman–Crippen LogP) is 2.06. The van der Waals surface area contributed by atoms with E-state index >= 15 is 0 Å². The maximum atomic E-state index is 12.5. The third kappa shape index (κ3) is 3.67. The molecule has 0 spiro atoms. The number of carbonyl (C=O) groups is 1. The standard InChI is InChI=1S/C17H20N2O3S3/c20-16(18-12-5-9-25(21,22)11-12)10-19-6-3-14-13(4-8-24-14)17(19)15-2-1-7-23-15/h1-2,4,7-8,12,17H,3,5-6,9-11H2,(H,18,20)/t12-,17+/m1/s1. The summed E-state index contributed by atoms with van der Waals surface area (Å²) in [4.78, 5) is 17.4. The molecule has 134 valence electrons. The average Bonchev–Trinajstić information content (AvgIpc) is 3.28. The molecule has 0 saturated carbocycles. The summed E-state index contributed by atoms with van der Waals surface area (Å²) in [6.07, 6.45) is 1.48. The Morgan fingerprint density at radius 3 is 2.88 bits per heavy atom. The van der Waals surface area contributed by atoms with Gasteiger partial charge in [0, 0.05) is 22.3 Å². The molecular formula is C17H20N2O3S3. The van der Waals surface area contributed by atoms with Gasteiger partial charge < -0.3 is 5.32 Å². The minimum atomic E-state index is -2.98. The SMILES string of the molecule is O=C(CN1CCc2sccc2[C@H]1c1cccs1)N[C@@H]1CCS(=O)(=O)C1. The van der Waals surface area contributed by atoms with E-state index in [1.54, 1.807) is 22.7 Å². The zero-order chi connectivity index (χ0) is 17.4. The lowest BCUT2D eigenvalue weighted by Crippen LogP contribution is -2.45. The van der Waals surface area contributed by atoms with E-state index in [2.05, 4.69) is 33.1 Å². The Morgan fingerprint density at radius 2 is 2.16 bits per heavy atom. The van der Waals surface area contributed by atoms with Gasteiger partial charge in [-0.3, -0.25) is 9.69 Å². The number of nitrogens with zero attached hydrogens (tertiary/aromatic N) is 1. The Hall–Kier alpha value is -1.22. The first kappa shape index (κ1) is 17.2. The van der Waals surface area contributed by atoms with Crippen molar-refractivity contribution in [2.75, 3.05) is 24.6 Å². The lowest BCUT2D eigenvalue weighted by molar-refractivity contribution is -0.123. The van der Waals surface area contributed by atoms with Crippen LogP contribution in [0.5, 0.6) is 0 Å². The molecule has 2 aromatic rings. The van der Waals surface area contributed by atoms with E-state index in [9.17, 15) is 13.2 Å². The van der Waals surface area contributed by atoms with Gasteiger partial charge in [-0.2, -0.15) is 0 Å². The van der Waals surface area contributed by atoms with Crippen molar-refractivity contribution >= 4 is 38.4 Å². The molecule has 0 radical (unpaired) electrons.